The number of rotatable bonds is 6. The molecule has 0 fully saturated rings. The van der Waals surface area contributed by atoms with Gasteiger partial charge in [-0.2, -0.15) is 5.10 Å². The zero-order valence-electron chi connectivity index (χ0n) is 19.7. The lowest BCUT2D eigenvalue weighted by atomic mass is 9.94. The highest BCUT2D eigenvalue weighted by molar-refractivity contribution is 5.91. The fourth-order valence-corrected chi connectivity index (χ4v) is 4.55. The smallest absolute Gasteiger partial charge is 0.183 e. The minimum absolute atomic E-state index is 0.329. The first-order chi connectivity index (χ1) is 16.5. The molecule has 0 saturated carbocycles. The highest BCUT2D eigenvalue weighted by atomic mass is 19.1. The maximum Gasteiger partial charge on any atom is 0.183 e. The fourth-order valence-electron chi connectivity index (χ4n) is 4.55. The Balaban J connectivity index is 1.67. The molecule has 0 radical (unpaired) electrons. The van der Waals surface area contributed by atoms with E-state index in [1.54, 1.807) is 32.8 Å². The molecule has 7 nitrogen and oxygen atoms in total. The van der Waals surface area contributed by atoms with Crippen LogP contribution in [0.3, 0.4) is 0 Å². The standard InChI is InChI=1S/C26H26FN5O2/c1-5-32-15-28-25-21(12-29-30-26(25)32)17-6-7-22(27)19(9-17)20-10-18-8-16(14-33-3)13-31(2)23(18)11-24(20)34-4/h6-12,15H,5,13-14H2,1-4H3. The third-order valence-corrected chi connectivity index (χ3v) is 6.20. The van der Waals surface area contributed by atoms with Crippen molar-refractivity contribution in [1.29, 1.82) is 0 Å². The zero-order chi connectivity index (χ0) is 23.8. The molecule has 0 atom stereocenters. The number of hydrogen-bond donors (Lipinski definition) is 0. The lowest BCUT2D eigenvalue weighted by Gasteiger charge is -2.29. The highest BCUT2D eigenvalue weighted by Gasteiger charge is 2.21. The van der Waals surface area contributed by atoms with Gasteiger partial charge in [0.05, 0.1) is 26.2 Å². The molecule has 8 heteroatoms. The number of methoxy groups -OCH3 is 2. The summed E-state index contributed by atoms with van der Waals surface area (Å²) in [5, 5.41) is 8.40. The summed E-state index contributed by atoms with van der Waals surface area (Å²) in [6.45, 7) is 4.08. The molecule has 4 aromatic rings. The minimum Gasteiger partial charge on any atom is -0.496 e. The van der Waals surface area contributed by atoms with Gasteiger partial charge in [0.25, 0.3) is 0 Å². The molecule has 1 aliphatic rings. The van der Waals surface area contributed by atoms with E-state index in [1.807, 2.05) is 36.7 Å². The number of aryl methyl sites for hydroxylation is 1. The van der Waals surface area contributed by atoms with Crippen LogP contribution in [-0.4, -0.2) is 54.2 Å². The summed E-state index contributed by atoms with van der Waals surface area (Å²) in [7, 11) is 5.32. The van der Waals surface area contributed by atoms with Gasteiger partial charge in [-0.15, -0.1) is 5.10 Å². The van der Waals surface area contributed by atoms with E-state index in [2.05, 4.69) is 26.2 Å². The second kappa shape index (κ2) is 8.87. The van der Waals surface area contributed by atoms with Gasteiger partial charge >= 0.3 is 0 Å². The Morgan fingerprint density at radius 2 is 1.94 bits per heavy atom. The first kappa shape index (κ1) is 22.0. The lowest BCUT2D eigenvalue weighted by Crippen LogP contribution is -2.25. The van der Waals surface area contributed by atoms with Crippen molar-refractivity contribution >= 4 is 22.9 Å². The summed E-state index contributed by atoms with van der Waals surface area (Å²) >= 11 is 0. The van der Waals surface area contributed by atoms with Gasteiger partial charge in [0.1, 0.15) is 17.1 Å². The van der Waals surface area contributed by atoms with Crippen LogP contribution in [0.1, 0.15) is 12.5 Å². The highest BCUT2D eigenvalue weighted by Crippen LogP contribution is 2.41. The van der Waals surface area contributed by atoms with E-state index in [0.29, 0.717) is 29.1 Å². The van der Waals surface area contributed by atoms with Gasteiger partial charge < -0.3 is 18.9 Å². The molecular formula is C26H26FN5O2. The van der Waals surface area contributed by atoms with E-state index in [4.69, 9.17) is 9.47 Å². The number of halogens is 1. The molecular weight excluding hydrogens is 433 g/mol. The monoisotopic (exact) mass is 459 g/mol. The van der Waals surface area contributed by atoms with Gasteiger partial charge in [0.2, 0.25) is 0 Å². The van der Waals surface area contributed by atoms with E-state index in [1.165, 1.54) is 6.07 Å². The normalized spacial score (nSPS) is 13.2. The van der Waals surface area contributed by atoms with Crippen LogP contribution < -0.4 is 9.64 Å². The summed E-state index contributed by atoms with van der Waals surface area (Å²) < 4.78 is 28.2. The second-order valence-corrected chi connectivity index (χ2v) is 8.36. The van der Waals surface area contributed by atoms with Gasteiger partial charge in [-0.05, 0) is 47.9 Å². The molecule has 5 rings (SSSR count). The molecule has 0 amide bonds. The van der Waals surface area contributed by atoms with Gasteiger partial charge in [-0.1, -0.05) is 6.07 Å². The summed E-state index contributed by atoms with van der Waals surface area (Å²) in [4.78, 5) is 6.68. The van der Waals surface area contributed by atoms with Gasteiger partial charge in [0.15, 0.2) is 5.65 Å². The topological polar surface area (TPSA) is 65.3 Å². The third-order valence-electron chi connectivity index (χ3n) is 6.20. The fraction of sp³-hybridized carbons (Fsp3) is 0.269. The molecule has 34 heavy (non-hydrogen) atoms. The molecule has 0 spiro atoms. The van der Waals surface area contributed by atoms with Crippen molar-refractivity contribution in [1.82, 2.24) is 19.7 Å². The Morgan fingerprint density at radius 1 is 1.09 bits per heavy atom. The average Bonchev–Trinajstić information content (AvgIpc) is 3.27. The van der Waals surface area contributed by atoms with Crippen LogP contribution >= 0.6 is 0 Å². The number of anilines is 1. The quantitative estimate of drug-likeness (QED) is 0.412. The number of ether oxygens (including phenoxy) is 2. The molecule has 2 aromatic heterocycles. The molecule has 1 aliphatic heterocycles. The Bertz CT molecular complexity index is 1410. The van der Waals surface area contributed by atoms with Gasteiger partial charge in [-0.25, -0.2) is 9.37 Å². The van der Waals surface area contributed by atoms with E-state index in [-0.39, 0.29) is 5.82 Å². The SMILES string of the molecule is CCn1cnc2c(-c3ccc(F)c(-c4cc5c(cc4OC)N(C)CC(COC)=C5)c3)cnnc21. The average molecular weight is 460 g/mol. The van der Waals surface area contributed by atoms with Crippen LogP contribution in [0.25, 0.3) is 39.5 Å². The van der Waals surface area contributed by atoms with Crippen LogP contribution in [0.2, 0.25) is 0 Å². The number of nitrogens with zero attached hydrogens (tertiary/aromatic N) is 5. The number of fused-ring (bicyclic) bond motifs is 2. The number of aromatic nitrogens is 4. The van der Waals surface area contributed by atoms with Crippen LogP contribution in [-0.2, 0) is 11.3 Å². The maximum atomic E-state index is 15.2. The predicted molar refractivity (Wildman–Crippen MR) is 132 cm³/mol. The minimum atomic E-state index is -0.329. The second-order valence-electron chi connectivity index (χ2n) is 8.36. The number of benzene rings is 2. The van der Waals surface area contributed by atoms with Gasteiger partial charge in [-0.3, -0.25) is 0 Å². The van der Waals surface area contributed by atoms with Crippen molar-refractivity contribution in [2.24, 2.45) is 0 Å². The Labute approximate surface area is 197 Å². The van der Waals surface area contributed by atoms with E-state index in [9.17, 15) is 0 Å². The summed E-state index contributed by atoms with van der Waals surface area (Å²) in [5.74, 6) is 0.281. The molecule has 174 valence electrons. The van der Waals surface area contributed by atoms with Crippen molar-refractivity contribution < 1.29 is 13.9 Å². The summed E-state index contributed by atoms with van der Waals surface area (Å²) in [5.41, 5.74) is 7.37. The first-order valence-electron chi connectivity index (χ1n) is 11.1. The number of likely N-dealkylation sites (N-methyl/N-ethyl adjacent to an activating group) is 1. The van der Waals surface area contributed by atoms with Crippen molar-refractivity contribution in [2.45, 2.75) is 13.5 Å². The Morgan fingerprint density at radius 3 is 2.71 bits per heavy atom. The van der Waals surface area contributed by atoms with E-state index >= 15 is 4.39 Å². The van der Waals surface area contributed by atoms with E-state index in [0.717, 1.165) is 46.6 Å². The van der Waals surface area contributed by atoms with E-state index < -0.39 is 0 Å². The summed E-state index contributed by atoms with van der Waals surface area (Å²) in [6, 6.07) is 8.99. The van der Waals surface area contributed by atoms with Crippen LogP contribution in [0, 0.1) is 5.82 Å². The molecule has 0 unspecified atom stereocenters. The largest absolute Gasteiger partial charge is 0.496 e. The number of imidazole rings is 1. The van der Waals surface area contributed by atoms with Crippen LogP contribution in [0.4, 0.5) is 10.1 Å². The molecule has 0 N–H and O–H groups in total. The molecule has 2 aromatic carbocycles. The predicted octanol–water partition coefficient (Wildman–Crippen LogP) is 4.81. The van der Waals surface area contributed by atoms with Crippen molar-refractivity contribution in [3.05, 3.63) is 59.8 Å². The van der Waals surface area contributed by atoms with Crippen molar-refractivity contribution in [2.75, 3.05) is 39.3 Å². The van der Waals surface area contributed by atoms with Crippen LogP contribution in [0.5, 0.6) is 5.75 Å². The van der Waals surface area contributed by atoms with Crippen LogP contribution in [0.15, 0.2) is 48.4 Å². The molecule has 0 saturated heterocycles. The molecule has 0 bridgehead atoms. The van der Waals surface area contributed by atoms with Crippen molar-refractivity contribution in [3.8, 4) is 28.0 Å². The number of hydrogen-bond acceptors (Lipinski definition) is 6. The maximum absolute atomic E-state index is 15.2. The zero-order valence-corrected chi connectivity index (χ0v) is 19.7. The van der Waals surface area contributed by atoms with Gasteiger partial charge in [0, 0.05) is 55.7 Å². The Hall–Kier alpha value is -3.78. The first-order valence-corrected chi connectivity index (χ1v) is 11.1. The Kier molecular flexibility index (Phi) is 5.75. The lowest BCUT2D eigenvalue weighted by molar-refractivity contribution is 0.225. The van der Waals surface area contributed by atoms with Crippen molar-refractivity contribution in [3.63, 3.8) is 0 Å². The third kappa shape index (κ3) is 3.70. The summed E-state index contributed by atoms with van der Waals surface area (Å²) in [6.07, 6.45) is 5.53. The molecule has 0 aliphatic carbocycles. The molecule has 3 heterocycles.